The number of imide groups is 2. The van der Waals surface area contributed by atoms with Crippen molar-refractivity contribution in [3.05, 3.63) is 272 Å². The van der Waals surface area contributed by atoms with Gasteiger partial charge in [-0.15, -0.1) is 0 Å². The maximum absolute atomic E-state index is 15.8. The molecule has 8 N–H and O–H groups in total. The monoisotopic (exact) mass is 1840 g/mol. The van der Waals surface area contributed by atoms with Crippen LogP contribution in [0.15, 0.2) is 194 Å². The minimum absolute atomic E-state index is 0.0322. The molecule has 12 amide bonds. The zero-order chi connectivity index (χ0) is 98.4. The van der Waals surface area contributed by atoms with E-state index in [1.54, 1.807) is 133 Å². The normalized spacial score (nSPS) is 12.5. The Hall–Kier alpha value is -16.0. The zero-order valence-electron chi connectivity index (χ0n) is 80.0. The smallest absolute Gasteiger partial charge is 0.265 e. The number of nitrogens with zero attached hydrogens (tertiary/aromatic N) is 6. The Balaban J connectivity index is 0.735. The number of pyridine rings is 4. The van der Waals surface area contributed by atoms with Crippen LogP contribution in [0, 0.1) is 45.3 Å². The van der Waals surface area contributed by atoms with Crippen molar-refractivity contribution in [3.63, 3.8) is 0 Å². The average Bonchev–Trinajstić information content (AvgIpc) is 0.677. The zero-order valence-corrected chi connectivity index (χ0v) is 80.0. The molecule has 0 unspecified atom stereocenters. The second-order valence-corrected chi connectivity index (χ2v) is 40.0. The summed E-state index contributed by atoms with van der Waals surface area (Å²) in [5, 5.41) is 28.0. The number of hydrogen-bond donors (Lipinski definition) is 8. The van der Waals surface area contributed by atoms with Gasteiger partial charge in [0.2, 0.25) is 23.6 Å². The fourth-order valence-corrected chi connectivity index (χ4v) is 17.3. The van der Waals surface area contributed by atoms with E-state index in [0.717, 1.165) is 94.8 Å². The molecule has 138 heavy (non-hydrogen) atoms. The van der Waals surface area contributed by atoms with E-state index in [0.29, 0.717) is 57.0 Å². The highest BCUT2D eigenvalue weighted by atomic mass is 16.2. The summed E-state index contributed by atoms with van der Waals surface area (Å²) in [5.74, 6) is 8.13. The number of aryl methyl sites for hydroxylation is 2. The topological polar surface area (TPSA) is 359 Å². The molecular weight excluding hydrogens is 1730 g/mol. The van der Waals surface area contributed by atoms with Crippen LogP contribution in [0.5, 0.6) is 0 Å². The quantitative estimate of drug-likeness (QED) is 0.00742. The lowest BCUT2D eigenvalue weighted by Crippen LogP contribution is -2.40. The number of rotatable bonds is 28. The van der Waals surface area contributed by atoms with E-state index < -0.39 is 47.3 Å². The van der Waals surface area contributed by atoms with E-state index in [1.165, 1.54) is 46.2 Å². The molecular formula is C112H110N14O12. The maximum Gasteiger partial charge on any atom is 0.265 e. The first-order valence-electron chi connectivity index (χ1n) is 46.6. The predicted octanol–water partition coefficient (Wildman–Crippen LogP) is 22.5. The lowest BCUT2D eigenvalue weighted by molar-refractivity contribution is -0.118. The largest absolute Gasteiger partial charge is 0.311 e. The van der Waals surface area contributed by atoms with E-state index in [1.807, 2.05) is 107 Å². The summed E-state index contributed by atoms with van der Waals surface area (Å²) in [7, 11) is 0. The molecule has 26 heteroatoms. The van der Waals surface area contributed by atoms with E-state index in [-0.39, 0.29) is 162 Å². The Bertz CT molecular complexity index is 6630. The van der Waals surface area contributed by atoms with Gasteiger partial charge in [0.25, 0.3) is 47.3 Å². The molecule has 13 aromatic rings. The highest BCUT2D eigenvalue weighted by Gasteiger charge is 2.40. The molecule has 0 spiro atoms. The van der Waals surface area contributed by atoms with E-state index in [9.17, 15) is 38.4 Å². The van der Waals surface area contributed by atoms with Crippen LogP contribution < -0.4 is 52.3 Å². The maximum atomic E-state index is 15.8. The molecule has 0 radical (unpaired) electrons. The van der Waals surface area contributed by atoms with Gasteiger partial charge in [-0.05, 0) is 249 Å². The molecule has 0 bridgehead atoms. The fraction of sp³-hybridized carbons (Fsp3) is 0.286. The van der Waals surface area contributed by atoms with Crippen molar-refractivity contribution >= 4 is 172 Å². The number of fused-ring (bicyclic) bond motifs is 2. The van der Waals surface area contributed by atoms with Gasteiger partial charge in [0.1, 0.15) is 46.5 Å². The number of carbonyl (C=O) groups is 12. The van der Waals surface area contributed by atoms with Crippen molar-refractivity contribution < 1.29 is 57.5 Å². The van der Waals surface area contributed by atoms with E-state index in [2.05, 4.69) is 100.0 Å². The molecule has 700 valence electrons. The Morgan fingerprint density at radius 3 is 0.804 bits per heavy atom. The molecule has 9 aromatic carbocycles. The van der Waals surface area contributed by atoms with Crippen LogP contribution in [-0.2, 0) is 32.0 Å². The van der Waals surface area contributed by atoms with Crippen molar-refractivity contribution in [1.29, 1.82) is 0 Å². The van der Waals surface area contributed by atoms with Gasteiger partial charge in [-0.2, -0.15) is 0 Å². The second-order valence-electron chi connectivity index (χ2n) is 40.0. The van der Waals surface area contributed by atoms with E-state index >= 15 is 19.2 Å². The lowest BCUT2D eigenvalue weighted by atomic mass is 9.78. The summed E-state index contributed by atoms with van der Waals surface area (Å²) in [5.41, 5.74) is 3.97. The van der Waals surface area contributed by atoms with Crippen LogP contribution in [0.3, 0.4) is 0 Å². The van der Waals surface area contributed by atoms with Gasteiger partial charge in [-0.1, -0.05) is 196 Å². The number of carbonyl (C=O) groups excluding carboxylic acids is 12. The number of benzene rings is 9. The molecule has 0 atom stereocenters. The van der Waals surface area contributed by atoms with Gasteiger partial charge in [0, 0.05) is 103 Å². The highest BCUT2D eigenvalue weighted by molar-refractivity contribution is 6.46. The number of nitrogens with one attached hydrogen (secondary N) is 8. The molecule has 15 rings (SSSR count). The van der Waals surface area contributed by atoms with Gasteiger partial charge >= 0.3 is 0 Å². The molecule has 0 aliphatic carbocycles. The SMILES string of the molecule is CCCCCCc1cc2c3c(ccc4c5c(CCCCCC)cc6c7c(ccc(c1c34)c75)C(=O)N(c1ccc(C#Cc3cc(C(=O)Nc4cccc(NC(=O)CC(C)(C)C)n4)cc(C(=O)Nc4cccc(NC(=O)CC(C)(C)C)n4)c3)cc1)C6=O)C(=O)N(c1ccc(C#Cc3cc(C(=O)Nc4cccc(NC(=O)CC(C)(C)C)n4)cc(C(=O)Nc4cccc(NC(=O)CC(C)(C)C)n4)c3)cc1)C2=O. The summed E-state index contributed by atoms with van der Waals surface area (Å²) >= 11 is 0. The van der Waals surface area contributed by atoms with Crippen molar-refractivity contribution in [1.82, 2.24) is 19.9 Å². The first kappa shape index (κ1) is 96.6. The van der Waals surface area contributed by atoms with Gasteiger partial charge in [-0.3, -0.25) is 57.5 Å². The summed E-state index contributed by atoms with van der Waals surface area (Å²) in [6, 6.07) is 52.6. The van der Waals surface area contributed by atoms with Crippen molar-refractivity contribution in [2.45, 2.75) is 187 Å². The summed E-state index contributed by atoms with van der Waals surface area (Å²) in [6.45, 7) is 27.6. The van der Waals surface area contributed by atoms with Crippen molar-refractivity contribution in [3.8, 4) is 23.7 Å². The third-order valence-corrected chi connectivity index (χ3v) is 23.3. The Morgan fingerprint density at radius 1 is 0.275 bits per heavy atom. The molecule has 6 heterocycles. The van der Waals surface area contributed by atoms with E-state index in [4.69, 9.17) is 0 Å². The third kappa shape index (κ3) is 23.0. The Morgan fingerprint density at radius 2 is 0.536 bits per heavy atom. The van der Waals surface area contributed by atoms with Crippen LogP contribution in [-0.4, -0.2) is 90.8 Å². The Labute approximate surface area is 801 Å². The van der Waals surface area contributed by atoms with Gasteiger partial charge in [0.15, 0.2) is 0 Å². The summed E-state index contributed by atoms with van der Waals surface area (Å²) in [4.78, 5) is 192. The van der Waals surface area contributed by atoms with Gasteiger partial charge in [-0.25, -0.2) is 29.7 Å². The summed E-state index contributed by atoms with van der Waals surface area (Å²) < 4.78 is 0. The molecule has 0 saturated heterocycles. The molecule has 26 nitrogen and oxygen atoms in total. The number of unbranched alkanes of at least 4 members (excludes halogenated alkanes) is 6. The lowest BCUT2D eigenvalue weighted by Gasteiger charge is -2.31. The number of aromatic nitrogens is 4. The molecule has 4 aromatic heterocycles. The van der Waals surface area contributed by atoms with Crippen LogP contribution in [0.4, 0.5) is 57.9 Å². The van der Waals surface area contributed by atoms with Crippen molar-refractivity contribution in [2.24, 2.45) is 21.7 Å². The standard InChI is InChI=1S/C112H110N14O12/c1-15-17-19-21-27-69-59-81-97-79(105(135)125(107(81)137)75-45-41-65(42-46-75)37-39-67-53-71(101(131)121-87-33-23-29-83(113-87)117-91(127)61-109(3,4)5)57-72(54-67)102(132)122-88-34-24-30-84(114-88)118-92(128)62-110(6,7)8)52-50-78-96-70(28-22-20-18-16-2)60-82-98-80(51-49-77(100(96)98)95(69)99(78)97)106(136)126(108(82)138)76-47-43-66(44-48-76)38-40-68-55-73(103(133)123-89-35-25-31-85(115-89)119-93(129)63-111(9,10)11)58-74(56-68)104(134)124-90-36-26-32-86(116-90)120-94(130)64-112(12,13)14/h23-26,29-36,41-60H,15-22,27-28,61-64H2,1-14H3,(H2,113,117,121,127,131)(H2,114,118,122,128,132)(H2,115,119,123,129,133)(H2,116,120,124,130,134). The third-order valence-electron chi connectivity index (χ3n) is 23.3. The first-order valence-corrected chi connectivity index (χ1v) is 46.6. The average molecular weight is 1840 g/mol. The van der Waals surface area contributed by atoms with Crippen molar-refractivity contribution in [2.75, 3.05) is 52.3 Å². The van der Waals surface area contributed by atoms with Gasteiger partial charge in [0.05, 0.1) is 11.4 Å². The van der Waals surface area contributed by atoms with Crippen LogP contribution >= 0.6 is 0 Å². The number of amides is 12. The van der Waals surface area contributed by atoms with Gasteiger partial charge < -0.3 is 42.5 Å². The Kier molecular flexibility index (Phi) is 28.2. The van der Waals surface area contributed by atoms with Crippen LogP contribution in [0.1, 0.15) is 290 Å². The highest BCUT2D eigenvalue weighted by Crippen LogP contribution is 2.50. The molecule has 0 saturated carbocycles. The number of hydrogen-bond acceptors (Lipinski definition) is 16. The first-order chi connectivity index (χ1) is 65.7. The van der Waals surface area contributed by atoms with Crippen LogP contribution in [0.25, 0.3) is 43.1 Å². The molecule has 0 fully saturated rings. The molecule has 2 aliphatic rings. The number of anilines is 10. The molecule has 2 aliphatic heterocycles. The minimum atomic E-state index is -0.647. The fourth-order valence-electron chi connectivity index (χ4n) is 17.3. The van der Waals surface area contributed by atoms with Crippen LogP contribution in [0.2, 0.25) is 0 Å². The summed E-state index contributed by atoms with van der Waals surface area (Å²) in [6.07, 6.45) is 9.26. The minimum Gasteiger partial charge on any atom is -0.311 e. The predicted molar refractivity (Wildman–Crippen MR) is 543 cm³/mol. The second kappa shape index (κ2) is 40.3.